The van der Waals surface area contributed by atoms with E-state index in [0.29, 0.717) is 17.0 Å². The van der Waals surface area contributed by atoms with Gasteiger partial charge in [-0.1, -0.05) is 6.07 Å². The monoisotopic (exact) mass is 255 g/mol. The Morgan fingerprint density at radius 3 is 2.74 bits per heavy atom. The number of carboxylic acid groups (broad SMARTS) is 1. The minimum absolute atomic E-state index is 0.0269. The molecule has 0 aliphatic rings. The standard InChI is InChI=1S/C13H9N3O3/c17-8-4-5-10-11(13(18)19)15-12(16(10)7-8)9-3-1-2-6-14-9/h1-7,17H,(H,18,19). The highest BCUT2D eigenvalue weighted by Crippen LogP contribution is 2.23. The molecule has 3 heterocycles. The van der Waals surface area contributed by atoms with E-state index in [1.54, 1.807) is 24.4 Å². The van der Waals surface area contributed by atoms with Gasteiger partial charge in [-0.3, -0.25) is 9.38 Å². The second-order valence-electron chi connectivity index (χ2n) is 3.95. The van der Waals surface area contributed by atoms with Crippen molar-refractivity contribution in [2.45, 2.75) is 0 Å². The summed E-state index contributed by atoms with van der Waals surface area (Å²) in [6.07, 6.45) is 3.01. The van der Waals surface area contributed by atoms with Gasteiger partial charge in [0.05, 0.1) is 11.7 Å². The van der Waals surface area contributed by atoms with Gasteiger partial charge in [0.25, 0.3) is 0 Å². The maximum absolute atomic E-state index is 11.2. The number of carboxylic acids is 1. The molecule has 3 aromatic heterocycles. The molecule has 0 unspecified atom stereocenters. The Morgan fingerprint density at radius 1 is 1.21 bits per heavy atom. The Labute approximate surface area is 107 Å². The van der Waals surface area contributed by atoms with Crippen LogP contribution in [0.25, 0.3) is 17.0 Å². The van der Waals surface area contributed by atoms with Crippen molar-refractivity contribution in [3.63, 3.8) is 0 Å². The third-order valence-corrected chi connectivity index (χ3v) is 2.72. The summed E-state index contributed by atoms with van der Waals surface area (Å²) in [5, 5.41) is 18.7. The predicted octanol–water partition coefficient (Wildman–Crippen LogP) is 1.80. The van der Waals surface area contributed by atoms with Gasteiger partial charge in [0.2, 0.25) is 0 Å². The fourth-order valence-corrected chi connectivity index (χ4v) is 1.91. The summed E-state index contributed by atoms with van der Waals surface area (Å²) in [7, 11) is 0. The number of imidazole rings is 1. The number of rotatable bonds is 2. The van der Waals surface area contributed by atoms with Gasteiger partial charge in [-0.05, 0) is 24.3 Å². The van der Waals surface area contributed by atoms with E-state index in [1.807, 2.05) is 0 Å². The van der Waals surface area contributed by atoms with Crippen molar-refractivity contribution in [1.29, 1.82) is 0 Å². The van der Waals surface area contributed by atoms with Gasteiger partial charge in [0.1, 0.15) is 11.4 Å². The zero-order valence-corrected chi connectivity index (χ0v) is 9.69. The maximum Gasteiger partial charge on any atom is 0.356 e. The first-order chi connectivity index (χ1) is 9.16. The second-order valence-corrected chi connectivity index (χ2v) is 3.95. The Balaban J connectivity index is 2.36. The quantitative estimate of drug-likeness (QED) is 0.729. The average Bonchev–Trinajstić information content (AvgIpc) is 2.78. The van der Waals surface area contributed by atoms with E-state index in [-0.39, 0.29) is 11.4 Å². The van der Waals surface area contributed by atoms with E-state index in [9.17, 15) is 9.90 Å². The summed E-state index contributed by atoms with van der Waals surface area (Å²) in [6, 6.07) is 8.20. The number of aromatic hydroxyl groups is 1. The highest BCUT2D eigenvalue weighted by atomic mass is 16.4. The SMILES string of the molecule is O=C(O)c1nc(-c2ccccn2)n2cc(O)ccc12. The molecular weight excluding hydrogens is 246 g/mol. The van der Waals surface area contributed by atoms with E-state index in [1.165, 1.54) is 22.7 Å². The van der Waals surface area contributed by atoms with E-state index in [4.69, 9.17) is 5.11 Å². The lowest BCUT2D eigenvalue weighted by molar-refractivity contribution is 0.0693. The number of carbonyl (C=O) groups is 1. The smallest absolute Gasteiger partial charge is 0.356 e. The minimum Gasteiger partial charge on any atom is -0.506 e. The predicted molar refractivity (Wildman–Crippen MR) is 67.0 cm³/mol. The van der Waals surface area contributed by atoms with Crippen LogP contribution in [-0.2, 0) is 0 Å². The van der Waals surface area contributed by atoms with Gasteiger partial charge in [-0.15, -0.1) is 0 Å². The number of aromatic nitrogens is 3. The molecule has 0 spiro atoms. The van der Waals surface area contributed by atoms with Crippen molar-refractivity contribution in [1.82, 2.24) is 14.4 Å². The maximum atomic E-state index is 11.2. The molecule has 0 aliphatic heterocycles. The van der Waals surface area contributed by atoms with Crippen LogP contribution in [-0.4, -0.2) is 30.6 Å². The van der Waals surface area contributed by atoms with Crippen molar-refractivity contribution in [2.75, 3.05) is 0 Å². The Kier molecular flexibility index (Phi) is 2.42. The molecule has 3 rings (SSSR count). The van der Waals surface area contributed by atoms with Crippen LogP contribution in [0, 0.1) is 0 Å². The number of fused-ring (bicyclic) bond motifs is 1. The number of aromatic carboxylic acids is 1. The van der Waals surface area contributed by atoms with Gasteiger partial charge in [-0.25, -0.2) is 9.78 Å². The molecule has 0 atom stereocenters. The lowest BCUT2D eigenvalue weighted by Crippen LogP contribution is -1.97. The molecule has 0 saturated carbocycles. The first kappa shape index (κ1) is 11.2. The largest absolute Gasteiger partial charge is 0.506 e. The molecule has 6 nitrogen and oxygen atoms in total. The normalized spacial score (nSPS) is 10.7. The van der Waals surface area contributed by atoms with Crippen LogP contribution >= 0.6 is 0 Å². The van der Waals surface area contributed by atoms with Gasteiger partial charge in [-0.2, -0.15) is 0 Å². The van der Waals surface area contributed by atoms with Crippen molar-refractivity contribution in [3.05, 3.63) is 48.4 Å². The van der Waals surface area contributed by atoms with Crippen molar-refractivity contribution in [3.8, 4) is 17.3 Å². The number of nitrogens with zero attached hydrogens (tertiary/aromatic N) is 3. The molecule has 0 fully saturated rings. The molecule has 3 aromatic rings. The van der Waals surface area contributed by atoms with Crippen LogP contribution in [0.1, 0.15) is 10.5 Å². The molecule has 0 bridgehead atoms. The van der Waals surface area contributed by atoms with E-state index < -0.39 is 5.97 Å². The number of hydrogen-bond acceptors (Lipinski definition) is 4. The Morgan fingerprint density at radius 2 is 2.05 bits per heavy atom. The summed E-state index contributed by atoms with van der Waals surface area (Å²) in [6.45, 7) is 0. The van der Waals surface area contributed by atoms with Crippen LogP contribution in [0.5, 0.6) is 5.75 Å². The van der Waals surface area contributed by atoms with Gasteiger partial charge >= 0.3 is 5.97 Å². The molecule has 2 N–H and O–H groups in total. The van der Waals surface area contributed by atoms with Crippen LogP contribution in [0.3, 0.4) is 0 Å². The minimum atomic E-state index is -1.12. The van der Waals surface area contributed by atoms with E-state index >= 15 is 0 Å². The summed E-state index contributed by atoms with van der Waals surface area (Å²) < 4.78 is 1.52. The highest BCUT2D eigenvalue weighted by molar-refractivity contribution is 5.94. The molecular formula is C13H9N3O3. The topological polar surface area (TPSA) is 87.7 Å². The van der Waals surface area contributed by atoms with Crippen LogP contribution < -0.4 is 0 Å². The lowest BCUT2D eigenvalue weighted by Gasteiger charge is -2.00. The summed E-state index contributed by atoms with van der Waals surface area (Å²) in [5.74, 6) is -0.715. The molecule has 0 saturated heterocycles. The summed E-state index contributed by atoms with van der Waals surface area (Å²) >= 11 is 0. The molecule has 0 radical (unpaired) electrons. The fraction of sp³-hybridized carbons (Fsp3) is 0. The third-order valence-electron chi connectivity index (χ3n) is 2.72. The number of pyridine rings is 2. The summed E-state index contributed by atoms with van der Waals surface area (Å²) in [4.78, 5) is 19.4. The number of hydrogen-bond donors (Lipinski definition) is 2. The molecule has 0 aromatic carbocycles. The van der Waals surface area contributed by atoms with Crippen LogP contribution in [0.2, 0.25) is 0 Å². The van der Waals surface area contributed by atoms with Crippen LogP contribution in [0.15, 0.2) is 42.7 Å². The van der Waals surface area contributed by atoms with Crippen LogP contribution in [0.4, 0.5) is 0 Å². The zero-order valence-electron chi connectivity index (χ0n) is 9.69. The van der Waals surface area contributed by atoms with Crippen molar-refractivity contribution < 1.29 is 15.0 Å². The van der Waals surface area contributed by atoms with Crippen molar-refractivity contribution >= 4 is 11.5 Å². The first-order valence-electron chi connectivity index (χ1n) is 5.52. The molecule has 19 heavy (non-hydrogen) atoms. The Bertz CT molecular complexity index is 765. The van der Waals surface area contributed by atoms with E-state index in [2.05, 4.69) is 9.97 Å². The zero-order chi connectivity index (χ0) is 13.4. The van der Waals surface area contributed by atoms with Gasteiger partial charge in [0, 0.05) is 6.20 Å². The molecule has 0 amide bonds. The van der Waals surface area contributed by atoms with Gasteiger partial charge < -0.3 is 10.2 Å². The molecule has 0 aliphatic carbocycles. The molecule has 6 heteroatoms. The lowest BCUT2D eigenvalue weighted by atomic mass is 10.3. The van der Waals surface area contributed by atoms with Crippen molar-refractivity contribution in [2.24, 2.45) is 0 Å². The third kappa shape index (κ3) is 1.79. The first-order valence-corrected chi connectivity index (χ1v) is 5.52. The second kappa shape index (κ2) is 4.09. The highest BCUT2D eigenvalue weighted by Gasteiger charge is 2.18. The Hall–Kier alpha value is -2.89. The van der Waals surface area contributed by atoms with Gasteiger partial charge in [0.15, 0.2) is 11.5 Å². The van der Waals surface area contributed by atoms with E-state index in [0.717, 1.165) is 0 Å². The molecule has 94 valence electrons. The summed E-state index contributed by atoms with van der Waals surface area (Å²) in [5.41, 5.74) is 0.877. The average molecular weight is 255 g/mol. The fourth-order valence-electron chi connectivity index (χ4n) is 1.91.